The molecule has 2 aromatic rings. The first kappa shape index (κ1) is 14.3. The Bertz CT molecular complexity index is 594. The fraction of sp³-hybridized carbons (Fsp3) is 0.375. The van der Waals surface area contributed by atoms with Crippen LogP contribution in [0, 0.1) is 5.92 Å². The van der Waals surface area contributed by atoms with Crippen LogP contribution in [-0.2, 0) is 6.42 Å². The van der Waals surface area contributed by atoms with Crippen LogP contribution in [0.2, 0.25) is 0 Å². The second kappa shape index (κ2) is 6.43. The molecule has 1 fully saturated rings. The number of nitrogen functional groups attached to an aromatic ring is 1. The van der Waals surface area contributed by atoms with Crippen molar-refractivity contribution in [3.05, 3.63) is 46.7 Å². The van der Waals surface area contributed by atoms with Crippen LogP contribution in [0.3, 0.4) is 0 Å². The number of anilines is 2. The second-order valence-corrected chi connectivity index (χ2v) is 6.31. The van der Waals surface area contributed by atoms with Crippen molar-refractivity contribution in [3.8, 4) is 0 Å². The van der Waals surface area contributed by atoms with Crippen LogP contribution in [0.5, 0.6) is 0 Å². The summed E-state index contributed by atoms with van der Waals surface area (Å²) in [6, 6.07) is 10.7. The quantitative estimate of drug-likeness (QED) is 0.926. The summed E-state index contributed by atoms with van der Waals surface area (Å²) in [7, 11) is 0. The Kier molecular flexibility index (Phi) is 4.39. The first-order valence-corrected chi connectivity index (χ1v) is 8.08. The molecule has 0 unspecified atom stereocenters. The zero-order valence-electron chi connectivity index (χ0n) is 11.9. The highest BCUT2D eigenvalue weighted by molar-refractivity contribution is 9.10. The Labute approximate surface area is 133 Å². The largest absolute Gasteiger partial charge is 0.383 e. The number of rotatable bonds is 3. The third-order valence-corrected chi connectivity index (χ3v) is 4.84. The Hall–Kier alpha value is -1.62. The molecule has 0 atom stereocenters. The first-order chi connectivity index (χ1) is 10.2. The van der Waals surface area contributed by atoms with E-state index in [0.717, 1.165) is 29.3 Å². The van der Waals surface area contributed by atoms with Gasteiger partial charge in [0.1, 0.15) is 22.4 Å². The van der Waals surface area contributed by atoms with Crippen molar-refractivity contribution in [2.24, 2.45) is 5.92 Å². The summed E-state index contributed by atoms with van der Waals surface area (Å²) in [5.41, 5.74) is 7.27. The summed E-state index contributed by atoms with van der Waals surface area (Å²) >= 11 is 3.49. The van der Waals surface area contributed by atoms with Crippen LogP contribution in [0.15, 0.2) is 41.1 Å². The molecule has 0 saturated carbocycles. The maximum absolute atomic E-state index is 5.83. The summed E-state index contributed by atoms with van der Waals surface area (Å²) in [6.45, 7) is 2.04. The Morgan fingerprint density at radius 2 is 1.86 bits per heavy atom. The number of nitrogens with zero attached hydrogens (tertiary/aromatic N) is 3. The highest BCUT2D eigenvalue weighted by atomic mass is 79.9. The van der Waals surface area contributed by atoms with E-state index in [0.29, 0.717) is 5.82 Å². The van der Waals surface area contributed by atoms with Crippen molar-refractivity contribution in [3.63, 3.8) is 0 Å². The maximum Gasteiger partial charge on any atom is 0.148 e. The van der Waals surface area contributed by atoms with E-state index in [9.17, 15) is 0 Å². The third kappa shape index (κ3) is 3.35. The van der Waals surface area contributed by atoms with Gasteiger partial charge in [-0.05, 0) is 46.7 Å². The third-order valence-electron chi connectivity index (χ3n) is 4.08. The maximum atomic E-state index is 5.83. The highest BCUT2D eigenvalue weighted by Crippen LogP contribution is 2.31. The minimum Gasteiger partial charge on any atom is -0.383 e. The minimum absolute atomic E-state index is 0.506. The van der Waals surface area contributed by atoms with Crippen LogP contribution in [-0.4, -0.2) is 23.1 Å². The second-order valence-electron chi connectivity index (χ2n) is 5.52. The fourth-order valence-corrected chi connectivity index (χ4v) is 3.35. The average molecular weight is 347 g/mol. The van der Waals surface area contributed by atoms with E-state index in [1.54, 1.807) is 0 Å². The molecular weight excluding hydrogens is 328 g/mol. The van der Waals surface area contributed by atoms with Crippen molar-refractivity contribution in [2.75, 3.05) is 23.7 Å². The Morgan fingerprint density at radius 1 is 1.14 bits per heavy atom. The molecule has 0 aliphatic carbocycles. The summed E-state index contributed by atoms with van der Waals surface area (Å²) < 4.78 is 0.812. The number of piperidine rings is 1. The normalized spacial score (nSPS) is 16.1. The number of aromatic nitrogens is 2. The van der Waals surface area contributed by atoms with Gasteiger partial charge in [-0.1, -0.05) is 30.3 Å². The van der Waals surface area contributed by atoms with Crippen molar-refractivity contribution < 1.29 is 0 Å². The zero-order valence-corrected chi connectivity index (χ0v) is 13.5. The van der Waals surface area contributed by atoms with Gasteiger partial charge in [0.15, 0.2) is 0 Å². The lowest BCUT2D eigenvalue weighted by Gasteiger charge is -2.33. The molecule has 1 aliphatic rings. The first-order valence-electron chi connectivity index (χ1n) is 7.29. The van der Waals surface area contributed by atoms with Gasteiger partial charge in [-0.15, -0.1) is 0 Å². The van der Waals surface area contributed by atoms with Crippen LogP contribution < -0.4 is 10.6 Å². The van der Waals surface area contributed by atoms with Crippen LogP contribution in [0.4, 0.5) is 11.6 Å². The molecule has 5 heteroatoms. The zero-order chi connectivity index (χ0) is 14.7. The molecule has 3 rings (SSSR count). The molecule has 1 saturated heterocycles. The van der Waals surface area contributed by atoms with E-state index < -0.39 is 0 Å². The summed E-state index contributed by atoms with van der Waals surface area (Å²) in [5.74, 6) is 2.17. The van der Waals surface area contributed by atoms with Gasteiger partial charge in [0, 0.05) is 13.1 Å². The highest BCUT2D eigenvalue weighted by Gasteiger charge is 2.22. The van der Waals surface area contributed by atoms with Gasteiger partial charge in [0.05, 0.1) is 0 Å². The van der Waals surface area contributed by atoms with Crippen LogP contribution in [0.1, 0.15) is 18.4 Å². The molecule has 2 N–H and O–H groups in total. The SMILES string of the molecule is Nc1ncnc(N2CCC(Cc3ccccc3)CC2)c1Br. The standard InChI is InChI=1S/C16H19BrN4/c17-14-15(18)19-11-20-16(14)21-8-6-13(7-9-21)10-12-4-2-1-3-5-12/h1-5,11,13H,6-10H2,(H2,18,19,20). The fourth-order valence-electron chi connectivity index (χ4n) is 2.89. The lowest BCUT2D eigenvalue weighted by molar-refractivity contribution is 0.402. The topological polar surface area (TPSA) is 55.0 Å². The average Bonchev–Trinajstić information content (AvgIpc) is 2.52. The molecule has 21 heavy (non-hydrogen) atoms. The molecule has 1 aromatic carbocycles. The monoisotopic (exact) mass is 346 g/mol. The Morgan fingerprint density at radius 3 is 2.57 bits per heavy atom. The van der Waals surface area contributed by atoms with Crippen molar-refractivity contribution >= 4 is 27.6 Å². The number of hydrogen-bond donors (Lipinski definition) is 1. The predicted octanol–water partition coefficient (Wildman–Crippen LogP) is 3.28. The molecule has 110 valence electrons. The molecule has 2 heterocycles. The van der Waals surface area contributed by atoms with Gasteiger partial charge in [-0.25, -0.2) is 9.97 Å². The molecule has 1 aromatic heterocycles. The summed E-state index contributed by atoms with van der Waals surface area (Å²) in [4.78, 5) is 10.7. The smallest absolute Gasteiger partial charge is 0.148 e. The van der Waals surface area contributed by atoms with E-state index in [4.69, 9.17) is 5.73 Å². The number of hydrogen-bond acceptors (Lipinski definition) is 4. The van der Waals surface area contributed by atoms with Crippen LogP contribution >= 0.6 is 15.9 Å². The molecule has 0 amide bonds. The van der Waals surface area contributed by atoms with Gasteiger partial charge in [0.2, 0.25) is 0 Å². The minimum atomic E-state index is 0.506. The van der Waals surface area contributed by atoms with E-state index >= 15 is 0 Å². The van der Waals surface area contributed by atoms with Gasteiger partial charge < -0.3 is 10.6 Å². The number of nitrogens with two attached hydrogens (primary N) is 1. The van der Waals surface area contributed by atoms with E-state index in [1.807, 2.05) is 0 Å². The Balaban J connectivity index is 1.61. The number of benzene rings is 1. The molecule has 0 bridgehead atoms. The summed E-state index contributed by atoms with van der Waals surface area (Å²) in [6.07, 6.45) is 5.07. The van der Waals surface area contributed by atoms with E-state index in [2.05, 4.69) is 61.1 Å². The van der Waals surface area contributed by atoms with Crippen molar-refractivity contribution in [1.29, 1.82) is 0 Å². The van der Waals surface area contributed by atoms with Crippen molar-refractivity contribution in [2.45, 2.75) is 19.3 Å². The lowest BCUT2D eigenvalue weighted by Crippen LogP contribution is -2.35. The van der Waals surface area contributed by atoms with Crippen LogP contribution in [0.25, 0.3) is 0 Å². The van der Waals surface area contributed by atoms with Crippen molar-refractivity contribution in [1.82, 2.24) is 9.97 Å². The lowest BCUT2D eigenvalue weighted by atomic mass is 9.90. The molecule has 4 nitrogen and oxygen atoms in total. The molecule has 0 radical (unpaired) electrons. The van der Waals surface area contributed by atoms with E-state index in [1.165, 1.54) is 31.2 Å². The van der Waals surface area contributed by atoms with E-state index in [-0.39, 0.29) is 0 Å². The number of halogens is 1. The molecular formula is C16H19BrN4. The van der Waals surface area contributed by atoms with Gasteiger partial charge in [-0.3, -0.25) is 0 Å². The van der Waals surface area contributed by atoms with Gasteiger partial charge in [0.25, 0.3) is 0 Å². The molecule has 1 aliphatic heterocycles. The molecule has 0 spiro atoms. The van der Waals surface area contributed by atoms with Gasteiger partial charge in [-0.2, -0.15) is 0 Å². The summed E-state index contributed by atoms with van der Waals surface area (Å²) in [5, 5.41) is 0. The van der Waals surface area contributed by atoms with Gasteiger partial charge >= 0.3 is 0 Å². The predicted molar refractivity (Wildman–Crippen MR) is 89.2 cm³/mol.